The molecule has 0 aliphatic heterocycles. The molecule has 30 heavy (non-hydrogen) atoms. The number of carbonyl (C=O) groups excluding carboxylic acids is 1. The van der Waals surface area contributed by atoms with Gasteiger partial charge in [0.05, 0.1) is 11.4 Å². The van der Waals surface area contributed by atoms with Crippen LogP contribution in [0.1, 0.15) is 21.6 Å². The first kappa shape index (κ1) is 19.9. The van der Waals surface area contributed by atoms with Gasteiger partial charge in [0.25, 0.3) is 5.91 Å². The number of amides is 1. The first-order valence-corrected chi connectivity index (χ1v) is 10.8. The second kappa shape index (κ2) is 9.89. The van der Waals surface area contributed by atoms with Gasteiger partial charge in [0.2, 0.25) is 0 Å². The molecule has 0 fully saturated rings. The first-order chi connectivity index (χ1) is 14.8. The number of aromatic nitrogens is 3. The van der Waals surface area contributed by atoms with E-state index in [1.54, 1.807) is 18.0 Å². The lowest BCUT2D eigenvalue weighted by Crippen LogP contribution is -2.25. The van der Waals surface area contributed by atoms with Crippen molar-refractivity contribution in [3.8, 4) is 5.69 Å². The summed E-state index contributed by atoms with van der Waals surface area (Å²) in [6.45, 7) is 0.544. The van der Waals surface area contributed by atoms with Crippen molar-refractivity contribution in [3.05, 3.63) is 108 Å². The Kier molecular flexibility index (Phi) is 6.57. The van der Waals surface area contributed by atoms with Crippen LogP contribution in [0, 0.1) is 0 Å². The molecule has 0 aliphatic rings. The average Bonchev–Trinajstić information content (AvgIpc) is 3.28. The van der Waals surface area contributed by atoms with Gasteiger partial charge in [0.15, 0.2) is 0 Å². The average molecular weight is 415 g/mol. The van der Waals surface area contributed by atoms with Gasteiger partial charge in [-0.05, 0) is 54.1 Å². The Balaban J connectivity index is 1.25. The van der Waals surface area contributed by atoms with Crippen LogP contribution in [0.3, 0.4) is 0 Å². The fraction of sp³-hybridized carbons (Fsp3) is 0.125. The number of pyridine rings is 1. The number of nitrogens with one attached hydrogen (secondary N) is 1. The summed E-state index contributed by atoms with van der Waals surface area (Å²) in [4.78, 5) is 17.7. The number of benzene rings is 2. The molecule has 0 saturated carbocycles. The van der Waals surface area contributed by atoms with Crippen LogP contribution in [0.15, 0.2) is 96.3 Å². The Morgan fingerprint density at radius 3 is 2.57 bits per heavy atom. The molecule has 0 unspecified atom stereocenters. The van der Waals surface area contributed by atoms with Gasteiger partial charge in [-0.15, -0.1) is 11.8 Å². The summed E-state index contributed by atoms with van der Waals surface area (Å²) in [5.41, 5.74) is 3.81. The maximum absolute atomic E-state index is 12.4. The standard InChI is InChI=1S/C24H22N4OS/c29-24(20-8-10-23(11-9-20)30-18-19-5-4-14-25-17-19)26-15-12-21-13-16-28(27-21)22-6-2-1-3-7-22/h1-11,13-14,16-17H,12,15,18H2,(H,26,29). The van der Waals surface area contributed by atoms with Gasteiger partial charge in [-0.3, -0.25) is 9.78 Å². The first-order valence-electron chi connectivity index (χ1n) is 9.78. The van der Waals surface area contributed by atoms with Crippen LogP contribution >= 0.6 is 11.8 Å². The molecule has 0 atom stereocenters. The zero-order valence-electron chi connectivity index (χ0n) is 16.4. The van der Waals surface area contributed by atoms with Crippen molar-refractivity contribution < 1.29 is 4.79 Å². The maximum Gasteiger partial charge on any atom is 0.251 e. The number of para-hydroxylation sites is 1. The van der Waals surface area contributed by atoms with E-state index in [-0.39, 0.29) is 5.91 Å². The molecule has 0 bridgehead atoms. The van der Waals surface area contributed by atoms with Gasteiger partial charge in [-0.2, -0.15) is 5.10 Å². The van der Waals surface area contributed by atoms with E-state index in [4.69, 9.17) is 0 Å². The highest BCUT2D eigenvalue weighted by molar-refractivity contribution is 7.98. The minimum Gasteiger partial charge on any atom is -0.352 e. The Hall–Kier alpha value is -3.38. The Morgan fingerprint density at radius 2 is 1.80 bits per heavy atom. The van der Waals surface area contributed by atoms with Crippen molar-refractivity contribution in [3.63, 3.8) is 0 Å². The number of carbonyl (C=O) groups is 1. The largest absolute Gasteiger partial charge is 0.352 e. The molecule has 2 aromatic heterocycles. The van der Waals surface area contributed by atoms with Crippen LogP contribution in [0.4, 0.5) is 0 Å². The van der Waals surface area contributed by atoms with Crippen molar-refractivity contribution in [2.45, 2.75) is 17.1 Å². The number of nitrogens with zero attached hydrogens (tertiary/aromatic N) is 3. The molecule has 4 aromatic rings. The summed E-state index contributed by atoms with van der Waals surface area (Å²) in [5.74, 6) is 0.788. The number of thioether (sulfide) groups is 1. The summed E-state index contributed by atoms with van der Waals surface area (Å²) in [7, 11) is 0. The summed E-state index contributed by atoms with van der Waals surface area (Å²) in [6.07, 6.45) is 6.27. The fourth-order valence-electron chi connectivity index (χ4n) is 2.98. The Bertz CT molecular complexity index is 1080. The maximum atomic E-state index is 12.4. The summed E-state index contributed by atoms with van der Waals surface area (Å²) < 4.78 is 1.85. The fourth-order valence-corrected chi connectivity index (χ4v) is 3.81. The lowest BCUT2D eigenvalue weighted by Gasteiger charge is -2.06. The van der Waals surface area contributed by atoms with Crippen molar-refractivity contribution in [2.75, 3.05) is 6.54 Å². The topological polar surface area (TPSA) is 59.8 Å². The summed E-state index contributed by atoms with van der Waals surface area (Å²) in [6, 6.07) is 23.7. The monoisotopic (exact) mass is 414 g/mol. The van der Waals surface area contributed by atoms with E-state index in [9.17, 15) is 4.79 Å². The minimum atomic E-state index is -0.0682. The van der Waals surface area contributed by atoms with Gasteiger partial charge in [0, 0.05) is 47.8 Å². The molecule has 150 valence electrons. The molecule has 1 N–H and O–H groups in total. The third-order valence-corrected chi connectivity index (χ3v) is 5.66. The van der Waals surface area contributed by atoms with Gasteiger partial charge in [0.1, 0.15) is 0 Å². The number of hydrogen-bond donors (Lipinski definition) is 1. The predicted octanol–water partition coefficient (Wildman–Crippen LogP) is 4.53. The van der Waals surface area contributed by atoms with E-state index in [0.717, 1.165) is 22.0 Å². The molecule has 0 spiro atoms. The second-order valence-corrected chi connectivity index (χ2v) is 7.82. The van der Waals surface area contributed by atoms with Crippen LogP contribution < -0.4 is 5.32 Å². The lowest BCUT2D eigenvalue weighted by atomic mass is 10.2. The van der Waals surface area contributed by atoms with Crippen LogP contribution in [0.25, 0.3) is 5.69 Å². The van der Waals surface area contributed by atoms with Crippen LogP contribution in [-0.2, 0) is 12.2 Å². The Labute approximate surface area is 180 Å². The van der Waals surface area contributed by atoms with Crippen LogP contribution in [-0.4, -0.2) is 27.2 Å². The highest BCUT2D eigenvalue weighted by Gasteiger charge is 2.07. The smallest absolute Gasteiger partial charge is 0.251 e. The molecule has 2 heterocycles. The summed E-state index contributed by atoms with van der Waals surface area (Å²) >= 11 is 1.73. The highest BCUT2D eigenvalue weighted by atomic mass is 32.2. The van der Waals surface area contributed by atoms with E-state index < -0.39 is 0 Å². The normalized spacial score (nSPS) is 10.7. The number of hydrogen-bond acceptors (Lipinski definition) is 4. The molecule has 0 aliphatic carbocycles. The van der Waals surface area contributed by atoms with Gasteiger partial charge in [-0.25, -0.2) is 4.68 Å². The molecular formula is C24H22N4OS. The molecule has 5 nitrogen and oxygen atoms in total. The molecule has 6 heteroatoms. The molecule has 2 aromatic carbocycles. The minimum absolute atomic E-state index is 0.0682. The third-order valence-electron chi connectivity index (χ3n) is 4.58. The highest BCUT2D eigenvalue weighted by Crippen LogP contribution is 2.22. The van der Waals surface area contributed by atoms with E-state index in [1.807, 2.05) is 83.8 Å². The molecule has 0 saturated heterocycles. The lowest BCUT2D eigenvalue weighted by molar-refractivity contribution is 0.0954. The van der Waals surface area contributed by atoms with Crippen molar-refractivity contribution in [1.29, 1.82) is 0 Å². The van der Waals surface area contributed by atoms with E-state index in [1.165, 1.54) is 5.56 Å². The molecular weight excluding hydrogens is 392 g/mol. The van der Waals surface area contributed by atoms with Crippen LogP contribution in [0.5, 0.6) is 0 Å². The molecule has 4 rings (SSSR count). The van der Waals surface area contributed by atoms with E-state index in [0.29, 0.717) is 18.5 Å². The Morgan fingerprint density at radius 1 is 0.967 bits per heavy atom. The van der Waals surface area contributed by atoms with Gasteiger partial charge < -0.3 is 5.32 Å². The SMILES string of the molecule is O=C(NCCc1ccn(-c2ccccc2)n1)c1ccc(SCc2cccnc2)cc1. The zero-order valence-corrected chi connectivity index (χ0v) is 17.3. The quantitative estimate of drug-likeness (QED) is 0.430. The van der Waals surface area contributed by atoms with E-state index in [2.05, 4.69) is 21.5 Å². The van der Waals surface area contributed by atoms with Crippen molar-refractivity contribution in [1.82, 2.24) is 20.1 Å². The number of rotatable bonds is 8. The third kappa shape index (κ3) is 5.36. The van der Waals surface area contributed by atoms with Crippen molar-refractivity contribution >= 4 is 17.7 Å². The van der Waals surface area contributed by atoms with E-state index >= 15 is 0 Å². The van der Waals surface area contributed by atoms with Crippen molar-refractivity contribution in [2.24, 2.45) is 0 Å². The zero-order chi connectivity index (χ0) is 20.6. The predicted molar refractivity (Wildman–Crippen MR) is 120 cm³/mol. The van der Waals surface area contributed by atoms with Gasteiger partial charge in [-0.1, -0.05) is 24.3 Å². The van der Waals surface area contributed by atoms with Crippen LogP contribution in [0.2, 0.25) is 0 Å². The van der Waals surface area contributed by atoms with Gasteiger partial charge >= 0.3 is 0 Å². The second-order valence-electron chi connectivity index (χ2n) is 6.77. The summed E-state index contributed by atoms with van der Waals surface area (Å²) in [5, 5.41) is 7.54. The molecule has 0 radical (unpaired) electrons. The molecule has 1 amide bonds.